The molecule has 0 radical (unpaired) electrons. The maximum absolute atomic E-state index is 10.9. The highest BCUT2D eigenvalue weighted by atomic mass is 32.1. The Morgan fingerprint density at radius 2 is 2.50 bits per heavy atom. The molecule has 1 aromatic rings. The quantitative estimate of drug-likeness (QED) is 0.699. The number of hydrogen-bond donors (Lipinski definition) is 1. The fourth-order valence-electron chi connectivity index (χ4n) is 0.693. The van der Waals surface area contributed by atoms with Crippen molar-refractivity contribution in [2.75, 3.05) is 0 Å². The van der Waals surface area contributed by atoms with Gasteiger partial charge in [0.2, 0.25) is 0 Å². The molecule has 0 saturated heterocycles. The van der Waals surface area contributed by atoms with Crippen molar-refractivity contribution in [3.63, 3.8) is 0 Å². The Labute approximate surface area is 72.4 Å². The summed E-state index contributed by atoms with van der Waals surface area (Å²) in [5, 5.41) is 9.90. The van der Waals surface area contributed by atoms with Gasteiger partial charge in [0.15, 0.2) is 0 Å². The second kappa shape index (κ2) is 3.87. The largest absolute Gasteiger partial charge is 0.478 e. The number of carboxylic acids is 1. The standard InChI is InChI=1S/C7H7NO3S/c9-6(10)2-1-3-8-4-5-12-7(8)11/h1-2,4-5H,3H2,(H,9,10)/b2-1+. The highest BCUT2D eigenvalue weighted by molar-refractivity contribution is 7.07. The summed E-state index contributed by atoms with van der Waals surface area (Å²) in [6.45, 7) is 0.314. The topological polar surface area (TPSA) is 59.3 Å². The van der Waals surface area contributed by atoms with Crippen molar-refractivity contribution >= 4 is 17.3 Å². The number of hydrogen-bond acceptors (Lipinski definition) is 3. The van der Waals surface area contributed by atoms with E-state index in [9.17, 15) is 9.59 Å². The molecule has 0 bridgehead atoms. The molecule has 0 fully saturated rings. The Morgan fingerprint density at radius 1 is 1.75 bits per heavy atom. The fraction of sp³-hybridized carbons (Fsp3) is 0.143. The van der Waals surface area contributed by atoms with Crippen molar-refractivity contribution in [2.45, 2.75) is 6.54 Å². The lowest BCUT2D eigenvalue weighted by Gasteiger charge is -1.91. The van der Waals surface area contributed by atoms with E-state index in [1.54, 1.807) is 11.6 Å². The molecular formula is C7H7NO3S. The zero-order valence-electron chi connectivity index (χ0n) is 6.14. The van der Waals surface area contributed by atoms with Gasteiger partial charge in [-0.2, -0.15) is 0 Å². The molecule has 64 valence electrons. The molecule has 0 aliphatic rings. The first-order valence-electron chi connectivity index (χ1n) is 3.23. The van der Waals surface area contributed by atoms with Crippen LogP contribution in [0.3, 0.4) is 0 Å². The minimum absolute atomic E-state index is 0.0787. The summed E-state index contributed by atoms with van der Waals surface area (Å²) in [4.78, 5) is 20.9. The Kier molecular flexibility index (Phi) is 2.82. The van der Waals surface area contributed by atoms with Crippen LogP contribution in [0.25, 0.3) is 0 Å². The lowest BCUT2D eigenvalue weighted by Crippen LogP contribution is -2.10. The molecule has 0 atom stereocenters. The Balaban J connectivity index is 2.60. The van der Waals surface area contributed by atoms with Gasteiger partial charge < -0.3 is 9.67 Å². The first-order chi connectivity index (χ1) is 5.70. The van der Waals surface area contributed by atoms with E-state index in [1.807, 2.05) is 0 Å². The zero-order valence-corrected chi connectivity index (χ0v) is 6.95. The van der Waals surface area contributed by atoms with Crippen LogP contribution in [-0.4, -0.2) is 15.6 Å². The van der Waals surface area contributed by atoms with E-state index in [2.05, 4.69) is 0 Å². The van der Waals surface area contributed by atoms with Crippen LogP contribution in [0, 0.1) is 0 Å². The predicted octanol–water partition coefficient (Wildman–Crippen LogP) is 0.551. The first kappa shape index (κ1) is 8.73. The van der Waals surface area contributed by atoms with Crippen LogP contribution in [0.4, 0.5) is 0 Å². The number of carbonyl (C=O) groups is 1. The maximum atomic E-state index is 10.9. The molecule has 1 N–H and O–H groups in total. The number of aromatic nitrogens is 1. The van der Waals surface area contributed by atoms with Gasteiger partial charge in [0, 0.05) is 24.2 Å². The van der Waals surface area contributed by atoms with Gasteiger partial charge in [-0.1, -0.05) is 17.4 Å². The van der Waals surface area contributed by atoms with Crippen LogP contribution in [0.5, 0.6) is 0 Å². The molecule has 0 aromatic carbocycles. The maximum Gasteiger partial charge on any atom is 0.328 e. The van der Waals surface area contributed by atoms with Gasteiger partial charge >= 0.3 is 10.8 Å². The third kappa shape index (κ3) is 2.35. The number of aliphatic carboxylic acids is 1. The summed E-state index contributed by atoms with van der Waals surface area (Å²) >= 11 is 1.09. The minimum atomic E-state index is -1.00. The van der Waals surface area contributed by atoms with Gasteiger partial charge in [0.05, 0.1) is 0 Å². The highest BCUT2D eigenvalue weighted by Gasteiger charge is 1.92. The normalized spacial score (nSPS) is 10.7. The molecule has 1 heterocycles. The van der Waals surface area contributed by atoms with Crippen molar-refractivity contribution < 1.29 is 9.90 Å². The van der Waals surface area contributed by atoms with Gasteiger partial charge in [-0.3, -0.25) is 4.79 Å². The molecule has 1 rings (SSSR count). The lowest BCUT2D eigenvalue weighted by atomic mass is 10.5. The summed E-state index contributed by atoms with van der Waals surface area (Å²) in [7, 11) is 0. The van der Waals surface area contributed by atoms with E-state index in [1.165, 1.54) is 10.6 Å². The molecule has 12 heavy (non-hydrogen) atoms. The average molecular weight is 185 g/mol. The summed E-state index contributed by atoms with van der Waals surface area (Å²) in [5.74, 6) is -1.00. The second-order valence-electron chi connectivity index (χ2n) is 2.06. The first-order valence-corrected chi connectivity index (χ1v) is 4.11. The Morgan fingerprint density at radius 3 is 3.00 bits per heavy atom. The third-order valence-electron chi connectivity index (χ3n) is 1.21. The summed E-state index contributed by atoms with van der Waals surface area (Å²) in [5.41, 5.74) is 0. The molecule has 0 aliphatic heterocycles. The number of nitrogens with zero attached hydrogens (tertiary/aromatic N) is 1. The number of allylic oxidation sites excluding steroid dienone is 1. The van der Waals surface area contributed by atoms with E-state index in [-0.39, 0.29) is 4.87 Å². The average Bonchev–Trinajstić information content (AvgIpc) is 2.36. The molecule has 0 amide bonds. The zero-order chi connectivity index (χ0) is 8.97. The molecule has 5 heteroatoms. The third-order valence-corrected chi connectivity index (χ3v) is 1.90. The van der Waals surface area contributed by atoms with E-state index < -0.39 is 5.97 Å². The fourth-order valence-corrected chi connectivity index (χ4v) is 1.29. The van der Waals surface area contributed by atoms with Crippen LogP contribution in [0.1, 0.15) is 0 Å². The van der Waals surface area contributed by atoms with Gasteiger partial charge in [-0.15, -0.1) is 0 Å². The van der Waals surface area contributed by atoms with Crippen LogP contribution in [-0.2, 0) is 11.3 Å². The molecular weight excluding hydrogens is 178 g/mol. The van der Waals surface area contributed by atoms with Crippen molar-refractivity contribution in [3.05, 3.63) is 33.4 Å². The lowest BCUT2D eigenvalue weighted by molar-refractivity contribution is -0.131. The molecule has 0 unspecified atom stereocenters. The van der Waals surface area contributed by atoms with Crippen LogP contribution < -0.4 is 4.87 Å². The van der Waals surface area contributed by atoms with Crippen molar-refractivity contribution in [1.29, 1.82) is 0 Å². The predicted molar refractivity (Wildman–Crippen MR) is 45.4 cm³/mol. The van der Waals surface area contributed by atoms with E-state index in [0.29, 0.717) is 6.54 Å². The van der Waals surface area contributed by atoms with Crippen molar-refractivity contribution in [1.82, 2.24) is 4.57 Å². The van der Waals surface area contributed by atoms with Gasteiger partial charge in [-0.05, 0) is 0 Å². The number of rotatable bonds is 3. The van der Waals surface area contributed by atoms with Crippen LogP contribution in [0.2, 0.25) is 0 Å². The van der Waals surface area contributed by atoms with Gasteiger partial charge in [-0.25, -0.2) is 4.79 Å². The van der Waals surface area contributed by atoms with Crippen molar-refractivity contribution in [2.24, 2.45) is 0 Å². The van der Waals surface area contributed by atoms with Gasteiger partial charge in [0.1, 0.15) is 0 Å². The molecule has 0 saturated carbocycles. The van der Waals surface area contributed by atoms with Crippen LogP contribution in [0.15, 0.2) is 28.5 Å². The minimum Gasteiger partial charge on any atom is -0.478 e. The smallest absolute Gasteiger partial charge is 0.328 e. The summed E-state index contributed by atoms with van der Waals surface area (Å²) in [6, 6.07) is 0. The monoisotopic (exact) mass is 185 g/mol. The Hall–Kier alpha value is -1.36. The highest BCUT2D eigenvalue weighted by Crippen LogP contribution is 1.89. The second-order valence-corrected chi connectivity index (χ2v) is 2.92. The summed E-state index contributed by atoms with van der Waals surface area (Å²) in [6.07, 6.45) is 4.07. The van der Waals surface area contributed by atoms with E-state index in [4.69, 9.17) is 5.11 Å². The number of carboxylic acid groups (broad SMARTS) is 1. The summed E-state index contributed by atoms with van der Waals surface area (Å²) < 4.78 is 1.43. The molecule has 0 spiro atoms. The van der Waals surface area contributed by atoms with Crippen molar-refractivity contribution in [3.8, 4) is 0 Å². The molecule has 4 nitrogen and oxygen atoms in total. The Bertz CT molecular complexity index is 350. The van der Waals surface area contributed by atoms with E-state index >= 15 is 0 Å². The molecule has 1 aromatic heterocycles. The molecule has 0 aliphatic carbocycles. The SMILES string of the molecule is O=C(O)/C=C/Cn1ccsc1=O. The van der Waals surface area contributed by atoms with E-state index in [0.717, 1.165) is 17.4 Å². The number of thiazole rings is 1. The van der Waals surface area contributed by atoms with Crippen LogP contribution >= 0.6 is 11.3 Å². The van der Waals surface area contributed by atoms with Gasteiger partial charge in [0.25, 0.3) is 0 Å².